The number of rotatable bonds is 2. The number of aromatic nitrogens is 2. The second-order valence-electron chi connectivity index (χ2n) is 4.94. The molecule has 0 bridgehead atoms. The number of benzene rings is 1. The molecule has 2 N–H and O–H groups in total. The lowest BCUT2D eigenvalue weighted by Crippen LogP contribution is -2.22. The molecule has 1 saturated heterocycles. The minimum absolute atomic E-state index is 0.0658. The Morgan fingerprint density at radius 2 is 1.73 bits per heavy atom. The van der Waals surface area contributed by atoms with E-state index in [9.17, 15) is 14.4 Å². The summed E-state index contributed by atoms with van der Waals surface area (Å²) in [4.78, 5) is 35.4. The van der Waals surface area contributed by atoms with Crippen LogP contribution in [0.4, 0.5) is 4.79 Å². The van der Waals surface area contributed by atoms with E-state index in [1.165, 1.54) is 10.8 Å². The summed E-state index contributed by atoms with van der Waals surface area (Å²) in [5.41, 5.74) is 1.58. The van der Waals surface area contributed by atoms with Crippen LogP contribution < -0.4 is 16.2 Å². The van der Waals surface area contributed by atoms with Gasteiger partial charge in [-0.1, -0.05) is 18.2 Å². The topological polar surface area (TPSA) is 85.1 Å². The molecule has 22 heavy (non-hydrogen) atoms. The van der Waals surface area contributed by atoms with E-state index >= 15 is 0 Å². The predicted octanol–water partition coefficient (Wildman–Crippen LogP) is 0.665. The van der Waals surface area contributed by atoms with Crippen LogP contribution in [0.25, 0.3) is 11.8 Å². The van der Waals surface area contributed by atoms with Crippen molar-refractivity contribution in [1.82, 2.24) is 20.0 Å². The highest BCUT2D eigenvalue weighted by Gasteiger charge is 2.24. The first-order valence-electron chi connectivity index (χ1n) is 6.67. The van der Waals surface area contributed by atoms with E-state index in [2.05, 4.69) is 10.6 Å². The van der Waals surface area contributed by atoms with Gasteiger partial charge in [-0.25, -0.2) is 9.48 Å². The van der Waals surface area contributed by atoms with Crippen molar-refractivity contribution in [2.75, 3.05) is 0 Å². The van der Waals surface area contributed by atoms with Gasteiger partial charge in [0.2, 0.25) is 0 Å². The summed E-state index contributed by atoms with van der Waals surface area (Å²) in [6.45, 7) is 1.78. The first-order valence-corrected chi connectivity index (χ1v) is 6.67. The monoisotopic (exact) mass is 298 g/mol. The fraction of sp³-hybridized carbons (Fsp3) is 0.133. The molecule has 3 amide bonds. The highest BCUT2D eigenvalue weighted by molar-refractivity contribution is 6.14. The SMILES string of the molecule is Cc1c(C=C2NC(=O)NC2=O)c(=O)n(-c2ccccc2)n1C. The average molecular weight is 298 g/mol. The zero-order valence-corrected chi connectivity index (χ0v) is 12.1. The van der Waals surface area contributed by atoms with Gasteiger partial charge in [0.05, 0.1) is 11.3 Å². The maximum atomic E-state index is 12.6. The molecule has 1 aliphatic rings. The van der Waals surface area contributed by atoms with Gasteiger partial charge in [-0.05, 0) is 25.1 Å². The Balaban J connectivity index is 2.16. The van der Waals surface area contributed by atoms with Gasteiger partial charge in [-0.3, -0.25) is 19.6 Å². The van der Waals surface area contributed by atoms with Crippen molar-refractivity contribution in [3.05, 3.63) is 57.6 Å². The molecule has 7 heteroatoms. The molecular weight excluding hydrogens is 284 g/mol. The van der Waals surface area contributed by atoms with Crippen LogP contribution in [0, 0.1) is 6.92 Å². The number of amides is 3. The highest BCUT2D eigenvalue weighted by atomic mass is 16.2. The number of hydrogen-bond acceptors (Lipinski definition) is 3. The van der Waals surface area contributed by atoms with Crippen LogP contribution in [-0.4, -0.2) is 21.3 Å². The lowest BCUT2D eigenvalue weighted by atomic mass is 10.2. The van der Waals surface area contributed by atoms with Crippen molar-refractivity contribution < 1.29 is 9.59 Å². The standard InChI is InChI=1S/C15H14N4O3/c1-9-11(8-12-13(20)17-15(22)16-12)14(21)19(18(9)2)10-6-4-3-5-7-10/h3-8H,1-2H3,(H2,16,17,20,22). The minimum Gasteiger partial charge on any atom is -0.303 e. The van der Waals surface area contributed by atoms with Gasteiger partial charge in [-0.2, -0.15) is 0 Å². The molecule has 0 spiro atoms. The first-order chi connectivity index (χ1) is 10.5. The largest absolute Gasteiger partial charge is 0.326 e. The molecule has 1 aromatic carbocycles. The summed E-state index contributed by atoms with van der Waals surface area (Å²) in [7, 11) is 1.76. The summed E-state index contributed by atoms with van der Waals surface area (Å²) in [6, 6.07) is 8.60. The van der Waals surface area contributed by atoms with Gasteiger partial charge in [0.15, 0.2) is 0 Å². The van der Waals surface area contributed by atoms with Crippen molar-refractivity contribution in [3.8, 4) is 5.69 Å². The number of imide groups is 1. The quantitative estimate of drug-likeness (QED) is 0.631. The predicted molar refractivity (Wildman–Crippen MR) is 80.4 cm³/mol. The van der Waals surface area contributed by atoms with Crippen LogP contribution in [0.1, 0.15) is 11.3 Å². The molecule has 0 radical (unpaired) electrons. The molecule has 1 fully saturated rings. The minimum atomic E-state index is -0.590. The molecule has 1 aliphatic heterocycles. The Kier molecular flexibility index (Phi) is 3.17. The number of urea groups is 1. The summed E-state index contributed by atoms with van der Waals surface area (Å²) in [5, 5.41) is 4.49. The van der Waals surface area contributed by atoms with E-state index in [0.29, 0.717) is 11.3 Å². The van der Waals surface area contributed by atoms with Crippen molar-refractivity contribution in [2.24, 2.45) is 7.05 Å². The normalized spacial score (nSPS) is 16.0. The van der Waals surface area contributed by atoms with Crippen molar-refractivity contribution in [1.29, 1.82) is 0 Å². The van der Waals surface area contributed by atoms with E-state index in [-0.39, 0.29) is 11.3 Å². The Morgan fingerprint density at radius 3 is 2.32 bits per heavy atom. The molecule has 0 saturated carbocycles. The highest BCUT2D eigenvalue weighted by Crippen LogP contribution is 2.13. The lowest BCUT2D eigenvalue weighted by molar-refractivity contribution is -0.115. The lowest BCUT2D eigenvalue weighted by Gasteiger charge is -2.07. The summed E-state index contributed by atoms with van der Waals surface area (Å²) in [5.74, 6) is -0.543. The van der Waals surface area contributed by atoms with Crippen LogP contribution >= 0.6 is 0 Å². The van der Waals surface area contributed by atoms with Crippen LogP contribution in [0.3, 0.4) is 0 Å². The van der Waals surface area contributed by atoms with Gasteiger partial charge in [0.1, 0.15) is 5.70 Å². The third kappa shape index (κ3) is 2.12. The van der Waals surface area contributed by atoms with Crippen LogP contribution in [-0.2, 0) is 11.8 Å². The average Bonchev–Trinajstić information content (AvgIpc) is 2.92. The zero-order valence-electron chi connectivity index (χ0n) is 12.1. The van der Waals surface area contributed by atoms with Gasteiger partial charge in [-0.15, -0.1) is 0 Å². The number of para-hydroxylation sites is 1. The van der Waals surface area contributed by atoms with Gasteiger partial charge in [0, 0.05) is 12.7 Å². The maximum Gasteiger partial charge on any atom is 0.326 e. The summed E-state index contributed by atoms with van der Waals surface area (Å²) < 4.78 is 3.22. The second kappa shape index (κ2) is 5.03. The summed E-state index contributed by atoms with van der Waals surface area (Å²) in [6.07, 6.45) is 1.40. The van der Waals surface area contributed by atoms with Gasteiger partial charge >= 0.3 is 6.03 Å². The second-order valence-corrected chi connectivity index (χ2v) is 4.94. The molecule has 2 aromatic rings. The van der Waals surface area contributed by atoms with E-state index in [1.54, 1.807) is 18.7 Å². The Labute approximate surface area is 125 Å². The van der Waals surface area contributed by atoms with Gasteiger partial charge in [0.25, 0.3) is 11.5 Å². The smallest absolute Gasteiger partial charge is 0.303 e. The van der Waals surface area contributed by atoms with E-state index in [4.69, 9.17) is 0 Å². The number of nitrogens with zero attached hydrogens (tertiary/aromatic N) is 2. The van der Waals surface area contributed by atoms with Gasteiger partial charge < -0.3 is 5.32 Å². The van der Waals surface area contributed by atoms with E-state index in [1.807, 2.05) is 30.3 Å². The Morgan fingerprint density at radius 1 is 1.05 bits per heavy atom. The van der Waals surface area contributed by atoms with Crippen molar-refractivity contribution in [3.63, 3.8) is 0 Å². The molecule has 0 unspecified atom stereocenters. The van der Waals surface area contributed by atoms with E-state index < -0.39 is 11.9 Å². The third-order valence-corrected chi connectivity index (χ3v) is 3.61. The Bertz CT molecular complexity index is 859. The van der Waals surface area contributed by atoms with Crippen LogP contribution in [0.5, 0.6) is 0 Å². The fourth-order valence-corrected chi connectivity index (χ4v) is 2.38. The molecule has 0 atom stereocenters. The number of carbonyl (C=O) groups is 2. The van der Waals surface area contributed by atoms with Crippen LogP contribution in [0.2, 0.25) is 0 Å². The fourth-order valence-electron chi connectivity index (χ4n) is 2.38. The Hall–Kier alpha value is -3.09. The molecule has 7 nitrogen and oxygen atoms in total. The molecule has 2 heterocycles. The molecule has 1 aromatic heterocycles. The third-order valence-electron chi connectivity index (χ3n) is 3.61. The molecule has 0 aliphatic carbocycles. The zero-order chi connectivity index (χ0) is 15.9. The number of carbonyl (C=O) groups excluding carboxylic acids is 2. The first kappa shape index (κ1) is 13.9. The van der Waals surface area contributed by atoms with Crippen molar-refractivity contribution in [2.45, 2.75) is 6.92 Å². The summed E-state index contributed by atoms with van der Waals surface area (Å²) >= 11 is 0. The number of nitrogens with one attached hydrogen (secondary N) is 2. The number of hydrogen-bond donors (Lipinski definition) is 2. The molecule has 112 valence electrons. The molecule has 3 rings (SSSR count). The van der Waals surface area contributed by atoms with Crippen molar-refractivity contribution >= 4 is 18.0 Å². The molecular formula is C15H14N4O3. The maximum absolute atomic E-state index is 12.6. The van der Waals surface area contributed by atoms with E-state index in [0.717, 1.165) is 5.69 Å². The van der Waals surface area contributed by atoms with Crippen LogP contribution in [0.15, 0.2) is 40.8 Å².